The van der Waals surface area contributed by atoms with Gasteiger partial charge in [-0.3, -0.25) is 4.79 Å². The van der Waals surface area contributed by atoms with E-state index < -0.39 is 0 Å². The Morgan fingerprint density at radius 3 is 2.56 bits per heavy atom. The molecule has 0 saturated carbocycles. The lowest BCUT2D eigenvalue weighted by atomic mass is 10.1. The van der Waals surface area contributed by atoms with Crippen molar-refractivity contribution in [3.63, 3.8) is 0 Å². The van der Waals surface area contributed by atoms with Gasteiger partial charge in [0.15, 0.2) is 0 Å². The second-order valence-electron chi connectivity index (χ2n) is 3.88. The van der Waals surface area contributed by atoms with Crippen LogP contribution >= 0.6 is 15.9 Å². The number of rotatable bonds is 3. The highest BCUT2D eigenvalue weighted by molar-refractivity contribution is 9.10. The van der Waals surface area contributed by atoms with Gasteiger partial charge in [0.2, 0.25) is 0 Å². The molecule has 1 amide bonds. The summed E-state index contributed by atoms with van der Waals surface area (Å²) in [6.07, 6.45) is 2.95. The highest BCUT2D eigenvalue weighted by Gasteiger charge is 2.11. The maximum absolute atomic E-state index is 11.9. The van der Waals surface area contributed by atoms with Crippen molar-refractivity contribution in [1.82, 2.24) is 15.5 Å². The van der Waals surface area contributed by atoms with Gasteiger partial charge in [-0.1, -0.05) is 28.1 Å². The van der Waals surface area contributed by atoms with Crippen molar-refractivity contribution in [2.24, 2.45) is 0 Å². The molecular formula is C13H12BrN3O. The molecule has 18 heavy (non-hydrogen) atoms. The van der Waals surface area contributed by atoms with Crippen molar-refractivity contribution in [2.75, 3.05) is 0 Å². The first kappa shape index (κ1) is 12.7. The SMILES string of the molecule is CC(NC(=O)c1ccnnc1)c1ccc(Br)cc1. The summed E-state index contributed by atoms with van der Waals surface area (Å²) in [6.45, 7) is 1.94. The van der Waals surface area contributed by atoms with Gasteiger partial charge in [-0.05, 0) is 30.7 Å². The Hall–Kier alpha value is -1.75. The van der Waals surface area contributed by atoms with E-state index in [1.165, 1.54) is 12.4 Å². The van der Waals surface area contributed by atoms with Crippen LogP contribution < -0.4 is 5.32 Å². The predicted octanol–water partition coefficient (Wildman–Crippen LogP) is 2.73. The fourth-order valence-electron chi connectivity index (χ4n) is 1.54. The smallest absolute Gasteiger partial charge is 0.253 e. The topological polar surface area (TPSA) is 54.9 Å². The van der Waals surface area contributed by atoms with Gasteiger partial charge in [0.05, 0.1) is 24.0 Å². The third-order valence-electron chi connectivity index (χ3n) is 2.56. The zero-order chi connectivity index (χ0) is 13.0. The molecule has 0 aliphatic carbocycles. The van der Waals surface area contributed by atoms with Crippen molar-refractivity contribution >= 4 is 21.8 Å². The Balaban J connectivity index is 2.06. The summed E-state index contributed by atoms with van der Waals surface area (Å²) in [5, 5.41) is 10.2. The Kier molecular flexibility index (Phi) is 4.04. The van der Waals surface area contributed by atoms with Gasteiger partial charge in [-0.2, -0.15) is 10.2 Å². The highest BCUT2D eigenvalue weighted by Crippen LogP contribution is 2.16. The molecule has 2 aromatic rings. The van der Waals surface area contributed by atoms with Gasteiger partial charge in [0.25, 0.3) is 5.91 Å². The first-order chi connectivity index (χ1) is 8.66. The molecule has 4 nitrogen and oxygen atoms in total. The van der Waals surface area contributed by atoms with Crippen LogP contribution in [0.3, 0.4) is 0 Å². The summed E-state index contributed by atoms with van der Waals surface area (Å²) in [5.74, 6) is -0.152. The number of carbonyl (C=O) groups excluding carboxylic acids is 1. The fourth-order valence-corrected chi connectivity index (χ4v) is 1.80. The van der Waals surface area contributed by atoms with Crippen LogP contribution in [0.25, 0.3) is 0 Å². The van der Waals surface area contributed by atoms with Crippen LogP contribution in [-0.2, 0) is 0 Å². The number of halogens is 1. The van der Waals surface area contributed by atoms with E-state index in [9.17, 15) is 4.79 Å². The number of amides is 1. The summed E-state index contributed by atoms with van der Waals surface area (Å²) in [4.78, 5) is 11.9. The van der Waals surface area contributed by atoms with Crippen LogP contribution in [0.4, 0.5) is 0 Å². The van der Waals surface area contributed by atoms with Crippen LogP contribution in [0.15, 0.2) is 47.2 Å². The summed E-state index contributed by atoms with van der Waals surface area (Å²) in [7, 11) is 0. The van der Waals surface area contributed by atoms with Gasteiger partial charge in [-0.25, -0.2) is 0 Å². The third kappa shape index (κ3) is 3.13. The molecule has 1 aromatic carbocycles. The largest absolute Gasteiger partial charge is 0.345 e. The van der Waals surface area contributed by atoms with Crippen molar-refractivity contribution < 1.29 is 4.79 Å². The minimum absolute atomic E-state index is 0.0567. The zero-order valence-corrected chi connectivity index (χ0v) is 11.4. The van der Waals surface area contributed by atoms with Gasteiger partial charge in [-0.15, -0.1) is 0 Å². The van der Waals surface area contributed by atoms with Crippen molar-refractivity contribution in [1.29, 1.82) is 0 Å². The normalized spacial score (nSPS) is 11.9. The first-order valence-electron chi connectivity index (χ1n) is 5.50. The van der Waals surface area contributed by atoms with E-state index in [0.29, 0.717) is 5.56 Å². The molecule has 0 fully saturated rings. The minimum atomic E-state index is -0.152. The summed E-state index contributed by atoms with van der Waals surface area (Å²) in [5.41, 5.74) is 1.56. The van der Waals surface area contributed by atoms with E-state index in [1.807, 2.05) is 31.2 Å². The predicted molar refractivity (Wildman–Crippen MR) is 72.1 cm³/mol. The van der Waals surface area contributed by atoms with Crippen molar-refractivity contribution in [3.05, 3.63) is 58.3 Å². The second-order valence-corrected chi connectivity index (χ2v) is 4.79. The Labute approximate surface area is 114 Å². The van der Waals surface area contributed by atoms with E-state index in [-0.39, 0.29) is 11.9 Å². The van der Waals surface area contributed by atoms with E-state index in [1.54, 1.807) is 6.07 Å². The number of nitrogens with zero attached hydrogens (tertiary/aromatic N) is 2. The van der Waals surface area contributed by atoms with Gasteiger partial charge >= 0.3 is 0 Å². The Morgan fingerprint density at radius 1 is 1.22 bits per heavy atom. The first-order valence-corrected chi connectivity index (χ1v) is 6.29. The number of benzene rings is 1. The molecule has 1 atom stereocenters. The summed E-state index contributed by atoms with van der Waals surface area (Å²) in [6, 6.07) is 9.42. The molecule has 0 bridgehead atoms. The highest BCUT2D eigenvalue weighted by atomic mass is 79.9. The molecule has 0 aliphatic heterocycles. The third-order valence-corrected chi connectivity index (χ3v) is 3.09. The van der Waals surface area contributed by atoms with Crippen LogP contribution in [0.1, 0.15) is 28.9 Å². The standard InChI is InChI=1S/C13H12BrN3O/c1-9(10-2-4-12(14)5-3-10)17-13(18)11-6-7-15-16-8-11/h2-9H,1H3,(H,17,18). The molecule has 5 heteroatoms. The number of hydrogen-bond acceptors (Lipinski definition) is 3. The van der Waals surface area contributed by atoms with E-state index >= 15 is 0 Å². The minimum Gasteiger partial charge on any atom is -0.345 e. The van der Waals surface area contributed by atoms with Gasteiger partial charge in [0, 0.05) is 4.47 Å². The Bertz CT molecular complexity index is 528. The van der Waals surface area contributed by atoms with E-state index in [0.717, 1.165) is 10.0 Å². The lowest BCUT2D eigenvalue weighted by molar-refractivity contribution is 0.0939. The molecule has 0 saturated heterocycles. The number of nitrogens with one attached hydrogen (secondary N) is 1. The summed E-state index contributed by atoms with van der Waals surface area (Å²) >= 11 is 3.38. The molecule has 1 N–H and O–H groups in total. The fraction of sp³-hybridized carbons (Fsp3) is 0.154. The average molecular weight is 306 g/mol. The number of hydrogen-bond donors (Lipinski definition) is 1. The lowest BCUT2D eigenvalue weighted by Crippen LogP contribution is -2.26. The van der Waals surface area contributed by atoms with E-state index in [4.69, 9.17) is 0 Å². The molecule has 2 rings (SSSR count). The van der Waals surface area contributed by atoms with Crippen LogP contribution in [0.2, 0.25) is 0 Å². The van der Waals surface area contributed by atoms with Crippen LogP contribution in [-0.4, -0.2) is 16.1 Å². The van der Waals surface area contributed by atoms with Gasteiger partial charge in [0.1, 0.15) is 0 Å². The number of carbonyl (C=O) groups is 1. The molecule has 0 radical (unpaired) electrons. The Morgan fingerprint density at radius 2 is 1.94 bits per heavy atom. The van der Waals surface area contributed by atoms with Crippen LogP contribution in [0.5, 0.6) is 0 Å². The van der Waals surface area contributed by atoms with Crippen molar-refractivity contribution in [3.8, 4) is 0 Å². The van der Waals surface area contributed by atoms with E-state index in [2.05, 4.69) is 31.4 Å². The van der Waals surface area contributed by atoms with Crippen molar-refractivity contribution in [2.45, 2.75) is 13.0 Å². The van der Waals surface area contributed by atoms with Gasteiger partial charge < -0.3 is 5.32 Å². The monoisotopic (exact) mass is 305 g/mol. The molecule has 1 unspecified atom stereocenters. The second kappa shape index (κ2) is 5.73. The molecule has 1 heterocycles. The molecule has 92 valence electrons. The molecule has 1 aromatic heterocycles. The maximum Gasteiger partial charge on any atom is 0.253 e. The summed E-state index contributed by atoms with van der Waals surface area (Å²) < 4.78 is 1.02. The molecular weight excluding hydrogens is 294 g/mol. The van der Waals surface area contributed by atoms with Crippen LogP contribution in [0, 0.1) is 0 Å². The molecule has 0 spiro atoms. The quantitative estimate of drug-likeness (QED) is 0.948. The lowest BCUT2D eigenvalue weighted by Gasteiger charge is -2.14. The average Bonchev–Trinajstić information content (AvgIpc) is 2.40. The maximum atomic E-state index is 11.9. The molecule has 0 aliphatic rings. The number of aromatic nitrogens is 2. The zero-order valence-electron chi connectivity index (χ0n) is 9.80.